The first-order valence-corrected chi connectivity index (χ1v) is 7.49. The number of halogens is 2. The van der Waals surface area contributed by atoms with Crippen LogP contribution in [-0.4, -0.2) is 13.1 Å². The van der Waals surface area contributed by atoms with Crippen molar-refractivity contribution in [2.75, 3.05) is 18.0 Å². The molecular weight excluding hydrogens is 287 g/mol. The summed E-state index contributed by atoms with van der Waals surface area (Å²) >= 11 is 5.99. The van der Waals surface area contributed by atoms with Crippen molar-refractivity contribution in [1.29, 1.82) is 0 Å². The summed E-state index contributed by atoms with van der Waals surface area (Å²) in [7, 11) is 0. The molecule has 0 saturated carbocycles. The summed E-state index contributed by atoms with van der Waals surface area (Å²) in [6, 6.07) is 14.1. The number of hydrogen-bond acceptors (Lipinski definition) is 2. The number of nitrogens with zero attached hydrogens (tertiary/aromatic N) is 1. The third-order valence-corrected chi connectivity index (χ3v) is 3.80. The molecule has 0 saturated heterocycles. The molecule has 0 fully saturated rings. The van der Waals surface area contributed by atoms with Gasteiger partial charge in [-0.15, -0.1) is 0 Å². The fraction of sp³-hybridized carbons (Fsp3) is 0.294. The van der Waals surface area contributed by atoms with Crippen LogP contribution >= 0.6 is 11.6 Å². The standard InChI is InChI=1S/C17H20ClFN2/c1-2-21(16-8-6-15(19)7-9-16)11-10-17(20)13-4-3-5-14(18)12-13/h3-9,12,17H,2,10-11,20H2,1H3. The Balaban J connectivity index is 1.98. The first kappa shape index (κ1) is 15.8. The van der Waals surface area contributed by atoms with Crippen LogP contribution in [0.2, 0.25) is 5.02 Å². The second-order valence-electron chi connectivity index (χ2n) is 5.01. The molecule has 1 unspecified atom stereocenters. The van der Waals surface area contributed by atoms with Crippen LogP contribution in [0.15, 0.2) is 48.5 Å². The third-order valence-electron chi connectivity index (χ3n) is 3.56. The van der Waals surface area contributed by atoms with Crippen molar-refractivity contribution in [3.63, 3.8) is 0 Å². The minimum absolute atomic E-state index is 0.0572. The van der Waals surface area contributed by atoms with Crippen molar-refractivity contribution in [1.82, 2.24) is 0 Å². The molecule has 2 aromatic carbocycles. The highest BCUT2D eigenvalue weighted by Crippen LogP contribution is 2.21. The average molecular weight is 307 g/mol. The van der Waals surface area contributed by atoms with Gasteiger partial charge in [-0.25, -0.2) is 4.39 Å². The zero-order chi connectivity index (χ0) is 15.2. The molecule has 112 valence electrons. The normalized spacial score (nSPS) is 12.2. The quantitative estimate of drug-likeness (QED) is 0.857. The molecular formula is C17H20ClFN2. The van der Waals surface area contributed by atoms with E-state index in [1.807, 2.05) is 24.3 Å². The third kappa shape index (κ3) is 4.45. The molecule has 0 aromatic heterocycles. The van der Waals surface area contributed by atoms with Gasteiger partial charge >= 0.3 is 0 Å². The fourth-order valence-electron chi connectivity index (χ4n) is 2.32. The number of anilines is 1. The molecule has 21 heavy (non-hydrogen) atoms. The Kier molecular flexibility index (Phi) is 5.59. The van der Waals surface area contributed by atoms with Gasteiger partial charge in [0.25, 0.3) is 0 Å². The Bertz CT molecular complexity index is 571. The average Bonchev–Trinajstić information content (AvgIpc) is 2.49. The number of rotatable bonds is 6. The number of hydrogen-bond donors (Lipinski definition) is 1. The Morgan fingerprint density at radius 1 is 1.19 bits per heavy atom. The topological polar surface area (TPSA) is 29.3 Å². The Labute approximate surface area is 130 Å². The van der Waals surface area contributed by atoms with Gasteiger partial charge in [0.05, 0.1) is 0 Å². The molecule has 2 rings (SSSR count). The number of benzene rings is 2. The van der Waals surface area contributed by atoms with E-state index < -0.39 is 0 Å². The van der Waals surface area contributed by atoms with Crippen molar-refractivity contribution >= 4 is 17.3 Å². The van der Waals surface area contributed by atoms with Gasteiger partial charge in [0, 0.05) is 29.8 Å². The summed E-state index contributed by atoms with van der Waals surface area (Å²) in [6.07, 6.45) is 0.811. The summed E-state index contributed by atoms with van der Waals surface area (Å²) in [5.41, 5.74) is 8.27. The van der Waals surface area contributed by atoms with E-state index in [4.69, 9.17) is 17.3 Å². The van der Waals surface area contributed by atoms with Crippen LogP contribution in [0.3, 0.4) is 0 Å². The molecule has 0 aliphatic heterocycles. The van der Waals surface area contributed by atoms with Gasteiger partial charge in [-0.3, -0.25) is 0 Å². The molecule has 0 bridgehead atoms. The highest BCUT2D eigenvalue weighted by Gasteiger charge is 2.10. The van der Waals surface area contributed by atoms with E-state index in [0.29, 0.717) is 5.02 Å². The lowest BCUT2D eigenvalue weighted by Crippen LogP contribution is -2.27. The van der Waals surface area contributed by atoms with E-state index >= 15 is 0 Å². The molecule has 2 aromatic rings. The van der Waals surface area contributed by atoms with Gasteiger partial charge in [0.1, 0.15) is 5.82 Å². The molecule has 0 spiro atoms. The van der Waals surface area contributed by atoms with E-state index in [0.717, 1.165) is 30.8 Å². The predicted octanol–water partition coefficient (Wildman–Crippen LogP) is 4.40. The molecule has 0 amide bonds. The van der Waals surface area contributed by atoms with Gasteiger partial charge < -0.3 is 10.6 Å². The van der Waals surface area contributed by atoms with Crippen LogP contribution in [0.25, 0.3) is 0 Å². The fourth-order valence-corrected chi connectivity index (χ4v) is 2.52. The molecule has 0 heterocycles. The van der Waals surface area contributed by atoms with Crippen molar-refractivity contribution in [2.24, 2.45) is 5.73 Å². The lowest BCUT2D eigenvalue weighted by molar-refractivity contribution is 0.622. The maximum atomic E-state index is 13.0. The van der Waals surface area contributed by atoms with Crippen LogP contribution in [0.5, 0.6) is 0 Å². The maximum absolute atomic E-state index is 13.0. The monoisotopic (exact) mass is 306 g/mol. The van der Waals surface area contributed by atoms with Gasteiger partial charge in [-0.05, 0) is 55.3 Å². The van der Waals surface area contributed by atoms with E-state index in [9.17, 15) is 4.39 Å². The summed E-state index contributed by atoms with van der Waals surface area (Å²) in [6.45, 7) is 3.75. The van der Waals surface area contributed by atoms with Crippen LogP contribution < -0.4 is 10.6 Å². The SMILES string of the molecule is CCN(CCC(N)c1cccc(Cl)c1)c1ccc(F)cc1. The van der Waals surface area contributed by atoms with E-state index in [1.54, 1.807) is 12.1 Å². The van der Waals surface area contributed by atoms with Gasteiger partial charge in [0.2, 0.25) is 0 Å². The predicted molar refractivity (Wildman–Crippen MR) is 87.3 cm³/mol. The molecule has 0 radical (unpaired) electrons. The van der Waals surface area contributed by atoms with E-state index in [1.165, 1.54) is 12.1 Å². The highest BCUT2D eigenvalue weighted by atomic mass is 35.5. The lowest BCUT2D eigenvalue weighted by Gasteiger charge is -2.25. The molecule has 0 aliphatic rings. The van der Waals surface area contributed by atoms with Crippen molar-refractivity contribution in [3.05, 3.63) is 64.9 Å². The number of nitrogens with two attached hydrogens (primary N) is 1. The second-order valence-corrected chi connectivity index (χ2v) is 5.44. The molecule has 0 aliphatic carbocycles. The minimum atomic E-state index is -0.217. The van der Waals surface area contributed by atoms with E-state index in [-0.39, 0.29) is 11.9 Å². The molecule has 1 atom stereocenters. The van der Waals surface area contributed by atoms with Crippen LogP contribution in [0.4, 0.5) is 10.1 Å². The van der Waals surface area contributed by atoms with Gasteiger partial charge in [0.15, 0.2) is 0 Å². The molecule has 2 nitrogen and oxygen atoms in total. The van der Waals surface area contributed by atoms with Crippen LogP contribution in [0, 0.1) is 5.82 Å². The second kappa shape index (κ2) is 7.43. The Hall–Kier alpha value is -1.58. The summed E-state index contributed by atoms with van der Waals surface area (Å²) in [5, 5.41) is 0.703. The maximum Gasteiger partial charge on any atom is 0.123 e. The highest BCUT2D eigenvalue weighted by molar-refractivity contribution is 6.30. The molecule has 4 heteroatoms. The van der Waals surface area contributed by atoms with Gasteiger partial charge in [-0.1, -0.05) is 23.7 Å². The summed E-state index contributed by atoms with van der Waals surface area (Å²) in [4.78, 5) is 2.18. The zero-order valence-electron chi connectivity index (χ0n) is 12.1. The van der Waals surface area contributed by atoms with Crippen LogP contribution in [-0.2, 0) is 0 Å². The van der Waals surface area contributed by atoms with Crippen molar-refractivity contribution in [2.45, 2.75) is 19.4 Å². The first-order chi connectivity index (χ1) is 10.1. The minimum Gasteiger partial charge on any atom is -0.372 e. The van der Waals surface area contributed by atoms with Crippen molar-refractivity contribution in [3.8, 4) is 0 Å². The summed E-state index contributed by atoms with van der Waals surface area (Å²) < 4.78 is 13.0. The largest absolute Gasteiger partial charge is 0.372 e. The Morgan fingerprint density at radius 3 is 2.52 bits per heavy atom. The van der Waals surface area contributed by atoms with Crippen LogP contribution in [0.1, 0.15) is 24.9 Å². The Morgan fingerprint density at radius 2 is 1.90 bits per heavy atom. The van der Waals surface area contributed by atoms with Crippen molar-refractivity contribution < 1.29 is 4.39 Å². The van der Waals surface area contributed by atoms with E-state index in [2.05, 4.69) is 11.8 Å². The zero-order valence-corrected chi connectivity index (χ0v) is 12.9. The lowest BCUT2D eigenvalue weighted by atomic mass is 10.0. The molecule has 2 N–H and O–H groups in total. The first-order valence-electron chi connectivity index (χ1n) is 7.11. The smallest absolute Gasteiger partial charge is 0.123 e. The summed E-state index contributed by atoms with van der Waals surface area (Å²) in [5.74, 6) is -0.217. The van der Waals surface area contributed by atoms with Gasteiger partial charge in [-0.2, -0.15) is 0 Å².